The predicted molar refractivity (Wildman–Crippen MR) is 83.5 cm³/mol. The first-order valence-electron chi connectivity index (χ1n) is 6.59. The Morgan fingerprint density at radius 1 is 1.17 bits per heavy atom. The third-order valence-corrected chi connectivity index (χ3v) is 3.25. The molecule has 1 aromatic heterocycles. The number of carbonyl (C=O) groups is 2. The number of rotatable bonds is 4. The second-order valence-electron chi connectivity index (χ2n) is 4.55. The van der Waals surface area contributed by atoms with Gasteiger partial charge in [0.15, 0.2) is 11.6 Å². The lowest BCUT2D eigenvalue weighted by atomic mass is 10.1. The Kier molecular flexibility index (Phi) is 5.30. The first-order valence-corrected chi connectivity index (χ1v) is 6.97. The van der Waals surface area contributed by atoms with E-state index in [-0.39, 0.29) is 22.0 Å². The fourth-order valence-corrected chi connectivity index (χ4v) is 2.13. The number of ether oxygens (including phenoxy) is 1. The fourth-order valence-electron chi connectivity index (χ4n) is 1.98. The number of methoxy groups -OCH3 is 1. The largest absolute Gasteiger partial charge is 0.493 e. The Hall–Kier alpha value is -2.74. The molecule has 0 unspecified atom stereocenters. The van der Waals surface area contributed by atoms with Crippen LogP contribution in [-0.4, -0.2) is 31.0 Å². The van der Waals surface area contributed by atoms with E-state index in [2.05, 4.69) is 15.6 Å². The van der Waals surface area contributed by atoms with Crippen molar-refractivity contribution < 1.29 is 23.1 Å². The van der Waals surface area contributed by atoms with Crippen molar-refractivity contribution in [1.82, 2.24) is 10.3 Å². The SMILES string of the molecule is CNC(=O)c1cnc(Cl)cc1NC(=O)c1cc(F)cc(F)c1OC. The molecule has 1 aromatic carbocycles. The maximum Gasteiger partial charge on any atom is 0.259 e. The van der Waals surface area contributed by atoms with Crippen LogP contribution in [0.15, 0.2) is 24.4 Å². The van der Waals surface area contributed by atoms with E-state index in [4.69, 9.17) is 16.3 Å². The van der Waals surface area contributed by atoms with Gasteiger partial charge in [-0.1, -0.05) is 11.6 Å². The number of hydrogen-bond donors (Lipinski definition) is 2. The highest BCUT2D eigenvalue weighted by atomic mass is 35.5. The molecule has 126 valence electrons. The highest BCUT2D eigenvalue weighted by Gasteiger charge is 2.21. The van der Waals surface area contributed by atoms with Crippen LogP contribution in [0, 0.1) is 11.6 Å². The molecule has 0 bridgehead atoms. The fraction of sp³-hybridized carbons (Fsp3) is 0.133. The van der Waals surface area contributed by atoms with Crippen LogP contribution in [-0.2, 0) is 0 Å². The third kappa shape index (κ3) is 3.60. The molecule has 2 amide bonds. The third-order valence-electron chi connectivity index (χ3n) is 3.05. The summed E-state index contributed by atoms with van der Waals surface area (Å²) in [6.45, 7) is 0. The summed E-state index contributed by atoms with van der Waals surface area (Å²) in [5, 5.41) is 4.77. The molecule has 0 saturated carbocycles. The number of pyridine rings is 1. The Labute approximate surface area is 140 Å². The lowest BCUT2D eigenvalue weighted by Crippen LogP contribution is -2.22. The molecule has 0 spiro atoms. The zero-order valence-corrected chi connectivity index (χ0v) is 13.4. The number of amides is 2. The van der Waals surface area contributed by atoms with Crippen molar-refractivity contribution in [3.63, 3.8) is 0 Å². The summed E-state index contributed by atoms with van der Waals surface area (Å²) in [5.41, 5.74) is -0.303. The average molecular weight is 356 g/mol. The number of nitrogens with zero attached hydrogens (tertiary/aromatic N) is 1. The van der Waals surface area contributed by atoms with Crippen molar-refractivity contribution >= 4 is 29.1 Å². The Morgan fingerprint density at radius 2 is 1.88 bits per heavy atom. The number of anilines is 1. The molecule has 0 atom stereocenters. The molecule has 0 radical (unpaired) electrons. The molecule has 6 nitrogen and oxygen atoms in total. The maximum absolute atomic E-state index is 13.7. The molecule has 0 saturated heterocycles. The van der Waals surface area contributed by atoms with E-state index in [1.807, 2.05) is 0 Å². The van der Waals surface area contributed by atoms with Gasteiger partial charge in [-0.3, -0.25) is 9.59 Å². The summed E-state index contributed by atoms with van der Waals surface area (Å²) < 4.78 is 31.9. The number of carbonyl (C=O) groups excluding carboxylic acids is 2. The van der Waals surface area contributed by atoms with Crippen LogP contribution in [0.3, 0.4) is 0 Å². The molecular formula is C15H12ClF2N3O3. The normalized spacial score (nSPS) is 10.2. The van der Waals surface area contributed by atoms with Crippen molar-refractivity contribution in [3.05, 3.63) is 52.3 Å². The Bertz CT molecular complexity index is 815. The zero-order chi connectivity index (χ0) is 17.9. The molecule has 0 aliphatic rings. The molecule has 24 heavy (non-hydrogen) atoms. The van der Waals surface area contributed by atoms with Crippen molar-refractivity contribution in [2.45, 2.75) is 0 Å². The van der Waals surface area contributed by atoms with E-state index in [0.29, 0.717) is 6.07 Å². The van der Waals surface area contributed by atoms with E-state index >= 15 is 0 Å². The van der Waals surface area contributed by atoms with Gasteiger partial charge in [-0.15, -0.1) is 0 Å². The van der Waals surface area contributed by atoms with E-state index in [1.54, 1.807) is 0 Å². The highest BCUT2D eigenvalue weighted by Crippen LogP contribution is 2.26. The van der Waals surface area contributed by atoms with Crippen LogP contribution < -0.4 is 15.4 Å². The van der Waals surface area contributed by atoms with Crippen LogP contribution >= 0.6 is 11.6 Å². The molecule has 0 aliphatic heterocycles. The van der Waals surface area contributed by atoms with Gasteiger partial charge in [0.05, 0.1) is 23.9 Å². The zero-order valence-electron chi connectivity index (χ0n) is 12.6. The summed E-state index contributed by atoms with van der Waals surface area (Å²) in [6, 6.07) is 2.65. The van der Waals surface area contributed by atoms with E-state index < -0.39 is 29.2 Å². The number of halogens is 3. The van der Waals surface area contributed by atoms with Crippen LogP contribution in [0.1, 0.15) is 20.7 Å². The van der Waals surface area contributed by atoms with Gasteiger partial charge in [-0.2, -0.15) is 0 Å². The second-order valence-corrected chi connectivity index (χ2v) is 4.94. The van der Waals surface area contributed by atoms with Crippen LogP contribution in [0.5, 0.6) is 5.75 Å². The smallest absolute Gasteiger partial charge is 0.259 e. The number of hydrogen-bond acceptors (Lipinski definition) is 4. The van der Waals surface area contributed by atoms with Crippen molar-refractivity contribution in [2.75, 3.05) is 19.5 Å². The quantitative estimate of drug-likeness (QED) is 0.826. The van der Waals surface area contributed by atoms with E-state index in [9.17, 15) is 18.4 Å². The molecule has 2 aromatic rings. The Morgan fingerprint density at radius 3 is 2.50 bits per heavy atom. The number of aromatic nitrogens is 1. The summed E-state index contributed by atoms with van der Waals surface area (Å²) >= 11 is 5.76. The number of nitrogens with one attached hydrogen (secondary N) is 2. The summed E-state index contributed by atoms with van der Waals surface area (Å²) in [4.78, 5) is 27.9. The lowest BCUT2D eigenvalue weighted by molar-refractivity contribution is 0.0963. The topological polar surface area (TPSA) is 80.3 Å². The van der Waals surface area contributed by atoms with E-state index in [1.165, 1.54) is 19.3 Å². The van der Waals surface area contributed by atoms with Gasteiger partial charge in [0.1, 0.15) is 11.0 Å². The van der Waals surface area contributed by atoms with E-state index in [0.717, 1.165) is 13.2 Å². The molecular weight excluding hydrogens is 344 g/mol. The summed E-state index contributed by atoms with van der Waals surface area (Å²) in [7, 11) is 2.54. The summed E-state index contributed by atoms with van der Waals surface area (Å²) in [6.07, 6.45) is 1.17. The minimum Gasteiger partial charge on any atom is -0.493 e. The second kappa shape index (κ2) is 7.22. The molecule has 1 heterocycles. The maximum atomic E-state index is 13.7. The molecule has 2 N–H and O–H groups in total. The summed E-state index contributed by atoms with van der Waals surface area (Å²) in [5.74, 6) is -3.79. The van der Waals surface area contributed by atoms with Gasteiger partial charge in [0, 0.05) is 19.3 Å². The van der Waals surface area contributed by atoms with Gasteiger partial charge in [0.2, 0.25) is 0 Å². The van der Waals surface area contributed by atoms with Crippen molar-refractivity contribution in [2.24, 2.45) is 0 Å². The van der Waals surface area contributed by atoms with Gasteiger partial charge >= 0.3 is 0 Å². The van der Waals surface area contributed by atoms with Crippen LogP contribution in [0.2, 0.25) is 5.15 Å². The monoisotopic (exact) mass is 355 g/mol. The molecule has 0 fully saturated rings. The van der Waals surface area contributed by atoms with Crippen LogP contribution in [0.4, 0.5) is 14.5 Å². The van der Waals surface area contributed by atoms with Crippen LogP contribution in [0.25, 0.3) is 0 Å². The molecule has 2 rings (SSSR count). The highest BCUT2D eigenvalue weighted by molar-refractivity contribution is 6.30. The Balaban J connectivity index is 2.44. The molecule has 9 heteroatoms. The average Bonchev–Trinajstić information content (AvgIpc) is 2.53. The van der Waals surface area contributed by atoms with Gasteiger partial charge in [-0.25, -0.2) is 13.8 Å². The predicted octanol–water partition coefficient (Wildman–Crippen LogP) is 2.63. The minimum absolute atomic E-state index is 0.0235. The standard InChI is InChI=1S/C15H12ClF2N3O3/c1-19-14(22)9-6-20-12(16)5-11(9)21-15(23)8-3-7(17)4-10(18)13(8)24-2/h3-6H,1-2H3,(H,19,22)(H,20,21,23). The van der Waals surface area contributed by atoms with Crippen molar-refractivity contribution in [3.8, 4) is 5.75 Å². The first-order chi connectivity index (χ1) is 11.4. The first kappa shape index (κ1) is 17.6. The molecule has 0 aliphatic carbocycles. The van der Waals surface area contributed by atoms with Gasteiger partial charge in [0.25, 0.3) is 11.8 Å². The van der Waals surface area contributed by atoms with Crippen molar-refractivity contribution in [1.29, 1.82) is 0 Å². The minimum atomic E-state index is -1.03. The van der Waals surface area contributed by atoms with Gasteiger partial charge in [-0.05, 0) is 12.1 Å². The lowest BCUT2D eigenvalue weighted by Gasteiger charge is -2.13. The van der Waals surface area contributed by atoms with Gasteiger partial charge < -0.3 is 15.4 Å². The number of benzene rings is 1.